The molecule has 3 aromatic rings. The predicted molar refractivity (Wildman–Crippen MR) is 151 cm³/mol. The van der Waals surface area contributed by atoms with Gasteiger partial charge in [-0.1, -0.05) is 53.0 Å². The van der Waals surface area contributed by atoms with E-state index in [1.807, 2.05) is 37.3 Å². The Morgan fingerprint density at radius 1 is 1.00 bits per heavy atom. The van der Waals surface area contributed by atoms with E-state index in [-0.39, 0.29) is 6.09 Å². The van der Waals surface area contributed by atoms with Gasteiger partial charge < -0.3 is 15.4 Å². The van der Waals surface area contributed by atoms with Gasteiger partial charge in [-0.25, -0.2) is 4.79 Å². The number of aromatic nitrogens is 1. The molecule has 1 fully saturated rings. The number of primary amides is 1. The lowest BCUT2D eigenvalue weighted by atomic mass is 9.92. The Morgan fingerprint density at radius 3 is 2.26 bits per heavy atom. The Balaban J connectivity index is 1.74. The molecule has 0 spiro atoms. The van der Waals surface area contributed by atoms with Crippen molar-refractivity contribution >= 4 is 46.8 Å². The van der Waals surface area contributed by atoms with Crippen LogP contribution in [0.3, 0.4) is 0 Å². The highest BCUT2D eigenvalue weighted by atomic mass is 35.5. The van der Waals surface area contributed by atoms with Gasteiger partial charge in [0, 0.05) is 58.9 Å². The molecule has 2 aromatic carbocycles. The number of hydrogen-bond acceptors (Lipinski definition) is 5. The monoisotopic (exact) mass is 574 g/mol. The van der Waals surface area contributed by atoms with Gasteiger partial charge in [-0.05, 0) is 55.3 Å². The smallest absolute Gasteiger partial charge is 0.409 e. The molecule has 0 saturated carbocycles. The van der Waals surface area contributed by atoms with Gasteiger partial charge in [-0.2, -0.15) is 0 Å². The lowest BCUT2D eigenvalue weighted by Gasteiger charge is -2.34. The minimum Gasteiger partial charge on any atom is -0.450 e. The van der Waals surface area contributed by atoms with Gasteiger partial charge in [0.1, 0.15) is 5.92 Å². The van der Waals surface area contributed by atoms with Crippen LogP contribution < -0.4 is 5.73 Å². The third kappa shape index (κ3) is 6.24. The fraction of sp³-hybridized carbons (Fsp3) is 0.321. The van der Waals surface area contributed by atoms with Crippen molar-refractivity contribution in [1.82, 2.24) is 14.8 Å². The molecule has 200 valence electrons. The first-order chi connectivity index (χ1) is 18.2. The molecular formula is C28H29Cl3N4O3. The molecule has 10 heteroatoms. The number of carbonyl (C=O) groups is 2. The lowest BCUT2D eigenvalue weighted by Crippen LogP contribution is -2.48. The van der Waals surface area contributed by atoms with Crippen molar-refractivity contribution in [1.29, 1.82) is 0 Å². The fourth-order valence-electron chi connectivity index (χ4n) is 4.66. The Kier molecular flexibility index (Phi) is 9.15. The minimum atomic E-state index is -0.949. The van der Waals surface area contributed by atoms with Crippen molar-refractivity contribution in [2.24, 2.45) is 5.73 Å². The van der Waals surface area contributed by atoms with Crippen LogP contribution in [0, 0.1) is 6.92 Å². The number of rotatable bonds is 7. The van der Waals surface area contributed by atoms with Gasteiger partial charge in [0.05, 0.1) is 18.0 Å². The molecule has 1 unspecified atom stereocenters. The number of pyridine rings is 1. The van der Waals surface area contributed by atoms with E-state index in [4.69, 9.17) is 50.3 Å². The van der Waals surface area contributed by atoms with Crippen LogP contribution in [0.2, 0.25) is 15.1 Å². The van der Waals surface area contributed by atoms with E-state index in [1.54, 1.807) is 30.0 Å². The SMILES string of the molecule is CCOC(=O)N1CCN(Cc2cc(-c3cccc(Cl)c3C)nc(C(C(N)=O)c3c(Cl)cccc3Cl)c2)CC1. The number of nitrogens with zero attached hydrogens (tertiary/aromatic N) is 3. The molecule has 2 N–H and O–H groups in total. The van der Waals surface area contributed by atoms with Crippen molar-refractivity contribution in [3.05, 3.63) is 86.0 Å². The van der Waals surface area contributed by atoms with Crippen LogP contribution in [0.25, 0.3) is 11.3 Å². The maximum atomic E-state index is 12.8. The van der Waals surface area contributed by atoms with Gasteiger partial charge in [0.2, 0.25) is 5.91 Å². The van der Waals surface area contributed by atoms with Crippen LogP contribution in [-0.4, -0.2) is 59.6 Å². The second kappa shape index (κ2) is 12.3. The number of ether oxygens (including phenoxy) is 1. The number of halogens is 3. The summed E-state index contributed by atoms with van der Waals surface area (Å²) in [5.41, 5.74) is 10.1. The summed E-state index contributed by atoms with van der Waals surface area (Å²) in [6.07, 6.45) is -0.294. The van der Waals surface area contributed by atoms with Crippen LogP contribution in [0.15, 0.2) is 48.5 Å². The third-order valence-electron chi connectivity index (χ3n) is 6.62. The van der Waals surface area contributed by atoms with Crippen LogP contribution in [0.4, 0.5) is 4.79 Å². The number of carbonyl (C=O) groups excluding carboxylic acids is 2. The number of hydrogen-bond donors (Lipinski definition) is 1. The molecule has 2 heterocycles. The second-order valence-corrected chi connectivity index (χ2v) is 10.4. The quantitative estimate of drug-likeness (QED) is 0.378. The summed E-state index contributed by atoms with van der Waals surface area (Å²) in [7, 11) is 0. The van der Waals surface area contributed by atoms with Crippen molar-refractivity contribution in [2.45, 2.75) is 26.3 Å². The highest BCUT2D eigenvalue weighted by molar-refractivity contribution is 6.36. The van der Waals surface area contributed by atoms with Gasteiger partial charge in [0.15, 0.2) is 0 Å². The van der Waals surface area contributed by atoms with Gasteiger partial charge in [0.25, 0.3) is 0 Å². The van der Waals surface area contributed by atoms with E-state index in [0.29, 0.717) is 71.3 Å². The number of benzene rings is 2. The molecule has 1 saturated heterocycles. The highest BCUT2D eigenvalue weighted by Crippen LogP contribution is 2.37. The van der Waals surface area contributed by atoms with Gasteiger partial charge in [-0.3, -0.25) is 14.7 Å². The molecule has 7 nitrogen and oxygen atoms in total. The maximum Gasteiger partial charge on any atom is 0.409 e. The summed E-state index contributed by atoms with van der Waals surface area (Å²) in [6, 6.07) is 14.6. The highest BCUT2D eigenvalue weighted by Gasteiger charge is 2.28. The molecular weight excluding hydrogens is 547 g/mol. The molecule has 1 aromatic heterocycles. The molecule has 0 aliphatic carbocycles. The summed E-state index contributed by atoms with van der Waals surface area (Å²) in [5, 5.41) is 1.29. The van der Waals surface area contributed by atoms with E-state index < -0.39 is 11.8 Å². The van der Waals surface area contributed by atoms with Crippen LogP contribution in [0.5, 0.6) is 0 Å². The zero-order chi connectivity index (χ0) is 27.4. The maximum absolute atomic E-state index is 12.8. The summed E-state index contributed by atoms with van der Waals surface area (Å²) >= 11 is 19.4. The first-order valence-electron chi connectivity index (χ1n) is 12.3. The second-order valence-electron chi connectivity index (χ2n) is 9.13. The van der Waals surface area contributed by atoms with Gasteiger partial charge >= 0.3 is 6.09 Å². The first-order valence-corrected chi connectivity index (χ1v) is 13.5. The van der Waals surface area contributed by atoms with Crippen LogP contribution >= 0.6 is 34.8 Å². The number of nitrogens with two attached hydrogens (primary N) is 1. The van der Waals surface area contributed by atoms with E-state index >= 15 is 0 Å². The van der Waals surface area contributed by atoms with Crippen molar-refractivity contribution in [2.75, 3.05) is 32.8 Å². The van der Waals surface area contributed by atoms with Crippen LogP contribution in [0.1, 0.15) is 35.2 Å². The third-order valence-corrected chi connectivity index (χ3v) is 7.69. The number of amides is 2. The summed E-state index contributed by atoms with van der Waals surface area (Å²) in [5.74, 6) is -1.56. The Hall–Kier alpha value is -2.84. The molecule has 0 radical (unpaired) electrons. The Bertz CT molecular complexity index is 1320. The summed E-state index contributed by atoms with van der Waals surface area (Å²) in [4.78, 5) is 33.7. The Labute approximate surface area is 237 Å². The molecule has 0 bridgehead atoms. The predicted octanol–water partition coefficient (Wildman–Crippen LogP) is 5.91. The minimum absolute atomic E-state index is 0.294. The molecule has 1 atom stereocenters. The van der Waals surface area contributed by atoms with E-state index in [9.17, 15) is 9.59 Å². The van der Waals surface area contributed by atoms with Gasteiger partial charge in [-0.15, -0.1) is 0 Å². The number of piperazine rings is 1. The molecule has 1 aliphatic rings. The summed E-state index contributed by atoms with van der Waals surface area (Å²) in [6.45, 7) is 7.14. The molecule has 1 aliphatic heterocycles. The fourth-order valence-corrected chi connectivity index (χ4v) is 5.45. The lowest BCUT2D eigenvalue weighted by molar-refractivity contribution is -0.118. The summed E-state index contributed by atoms with van der Waals surface area (Å²) < 4.78 is 5.13. The van der Waals surface area contributed by atoms with E-state index in [1.165, 1.54) is 0 Å². The molecule has 2 amide bonds. The largest absolute Gasteiger partial charge is 0.450 e. The average Bonchev–Trinajstić information content (AvgIpc) is 2.88. The average molecular weight is 576 g/mol. The van der Waals surface area contributed by atoms with Crippen LogP contribution in [-0.2, 0) is 16.1 Å². The molecule has 4 rings (SSSR count). The normalized spacial score (nSPS) is 14.8. The van der Waals surface area contributed by atoms with Crippen molar-refractivity contribution in [3.8, 4) is 11.3 Å². The Morgan fingerprint density at radius 2 is 1.63 bits per heavy atom. The van der Waals surface area contributed by atoms with Crippen molar-refractivity contribution in [3.63, 3.8) is 0 Å². The van der Waals surface area contributed by atoms with E-state index in [2.05, 4.69) is 4.90 Å². The molecule has 38 heavy (non-hydrogen) atoms. The van der Waals surface area contributed by atoms with Crippen molar-refractivity contribution < 1.29 is 14.3 Å². The first kappa shape index (κ1) is 28.2. The zero-order valence-electron chi connectivity index (χ0n) is 21.2. The zero-order valence-corrected chi connectivity index (χ0v) is 23.5. The van der Waals surface area contributed by atoms with E-state index in [0.717, 1.165) is 16.7 Å². The topological polar surface area (TPSA) is 88.8 Å². The standard InChI is InChI=1S/C28H29Cl3N4O3/c1-3-38-28(37)35-12-10-34(11-13-35)16-18-14-23(19-6-4-7-20(29)17(19)2)33-24(15-18)26(27(32)36)25-21(30)8-5-9-22(25)31/h4-9,14-15,26H,3,10-13,16H2,1-2H3,(H2,32,36).